The lowest BCUT2D eigenvalue weighted by Gasteiger charge is -2.31. The normalized spacial score (nSPS) is 20.7. The van der Waals surface area contributed by atoms with E-state index in [1.54, 1.807) is 18.0 Å². The number of benzene rings is 2. The predicted molar refractivity (Wildman–Crippen MR) is 96.6 cm³/mol. The number of urea groups is 1. The molecule has 2 aromatic carbocycles. The maximum Gasteiger partial charge on any atom is 0.340 e. The second-order valence-electron chi connectivity index (χ2n) is 6.54. The number of rotatable bonds is 2. The lowest BCUT2D eigenvalue weighted by Crippen LogP contribution is -2.41. The van der Waals surface area contributed by atoms with Crippen LogP contribution in [0.4, 0.5) is 9.18 Å². The molecular weight excluding hydrogens is 333 g/mol. The van der Waals surface area contributed by atoms with Crippen LogP contribution in [0, 0.1) is 11.7 Å². The molecular formula is C20H20FN3O2. The van der Waals surface area contributed by atoms with Gasteiger partial charge in [0.25, 0.3) is 0 Å². The van der Waals surface area contributed by atoms with E-state index in [0.29, 0.717) is 30.2 Å². The van der Waals surface area contributed by atoms with Crippen molar-refractivity contribution in [2.45, 2.75) is 13.0 Å². The standard InChI is InChI=1S/C20H20FN3O2/c1-3-23(2)20(25)24-19(13-7-5-4-6-8-13)16-12-26-17-10-9-14(21)11-15(17)18(16)22-24/h4-11,16,19H,3,12H2,1-2H3. The number of hydrogen-bond acceptors (Lipinski definition) is 3. The topological polar surface area (TPSA) is 45.1 Å². The number of carbonyl (C=O) groups excluding carboxylic acids is 1. The summed E-state index contributed by atoms with van der Waals surface area (Å²) in [5.74, 6) is 0.120. The fourth-order valence-electron chi connectivity index (χ4n) is 3.50. The highest BCUT2D eigenvalue weighted by Gasteiger charge is 2.45. The summed E-state index contributed by atoms with van der Waals surface area (Å²) in [6, 6.07) is 13.7. The number of halogens is 1. The number of ether oxygens (including phenoxy) is 1. The van der Waals surface area contributed by atoms with E-state index in [-0.39, 0.29) is 23.8 Å². The molecule has 134 valence electrons. The zero-order chi connectivity index (χ0) is 18.3. The van der Waals surface area contributed by atoms with E-state index in [9.17, 15) is 9.18 Å². The first kappa shape index (κ1) is 16.6. The molecule has 4 rings (SSSR count). The van der Waals surface area contributed by atoms with Gasteiger partial charge in [-0.05, 0) is 30.7 Å². The summed E-state index contributed by atoms with van der Waals surface area (Å²) in [4.78, 5) is 14.5. The predicted octanol–water partition coefficient (Wildman–Crippen LogP) is 3.67. The van der Waals surface area contributed by atoms with E-state index in [0.717, 1.165) is 5.56 Å². The molecule has 6 heteroatoms. The van der Waals surface area contributed by atoms with Crippen LogP contribution in [0.3, 0.4) is 0 Å². The highest BCUT2D eigenvalue weighted by Crippen LogP contribution is 2.42. The van der Waals surface area contributed by atoms with Crippen molar-refractivity contribution in [1.82, 2.24) is 9.91 Å². The molecule has 5 nitrogen and oxygen atoms in total. The number of carbonyl (C=O) groups is 1. The molecule has 2 aliphatic rings. The molecule has 0 spiro atoms. The molecule has 2 unspecified atom stereocenters. The Kier molecular flexibility index (Phi) is 4.11. The van der Waals surface area contributed by atoms with Crippen LogP contribution in [0.1, 0.15) is 24.1 Å². The first-order chi connectivity index (χ1) is 12.6. The van der Waals surface area contributed by atoms with Crippen LogP contribution in [0.5, 0.6) is 5.75 Å². The summed E-state index contributed by atoms with van der Waals surface area (Å²) in [5, 5.41) is 6.15. The van der Waals surface area contributed by atoms with Crippen molar-refractivity contribution in [1.29, 1.82) is 0 Å². The smallest absolute Gasteiger partial charge is 0.340 e. The van der Waals surface area contributed by atoms with Gasteiger partial charge in [-0.2, -0.15) is 5.10 Å². The van der Waals surface area contributed by atoms with Crippen LogP contribution in [-0.2, 0) is 0 Å². The van der Waals surface area contributed by atoms with Crippen molar-refractivity contribution in [3.05, 3.63) is 65.5 Å². The molecule has 0 saturated carbocycles. The van der Waals surface area contributed by atoms with Gasteiger partial charge in [-0.1, -0.05) is 30.3 Å². The van der Waals surface area contributed by atoms with Gasteiger partial charge < -0.3 is 9.64 Å². The zero-order valence-electron chi connectivity index (χ0n) is 14.7. The Hall–Kier alpha value is -2.89. The summed E-state index contributed by atoms with van der Waals surface area (Å²) >= 11 is 0. The van der Waals surface area contributed by atoms with Gasteiger partial charge in [0.1, 0.15) is 11.6 Å². The minimum atomic E-state index is -0.345. The fourth-order valence-corrected chi connectivity index (χ4v) is 3.50. The van der Waals surface area contributed by atoms with Gasteiger partial charge in [0, 0.05) is 19.2 Å². The van der Waals surface area contributed by atoms with Gasteiger partial charge in [-0.3, -0.25) is 0 Å². The second kappa shape index (κ2) is 6.44. The van der Waals surface area contributed by atoms with Gasteiger partial charge in [-0.25, -0.2) is 14.2 Å². The average Bonchev–Trinajstić information content (AvgIpc) is 3.07. The van der Waals surface area contributed by atoms with Gasteiger partial charge in [0.2, 0.25) is 0 Å². The van der Waals surface area contributed by atoms with Crippen LogP contribution in [0.2, 0.25) is 0 Å². The van der Waals surface area contributed by atoms with Crippen molar-refractivity contribution >= 4 is 11.7 Å². The lowest BCUT2D eigenvalue weighted by atomic mass is 9.86. The maximum atomic E-state index is 13.8. The maximum absolute atomic E-state index is 13.8. The Labute approximate surface area is 151 Å². The monoisotopic (exact) mass is 353 g/mol. The Morgan fingerprint density at radius 3 is 2.81 bits per heavy atom. The van der Waals surface area contributed by atoms with E-state index in [1.165, 1.54) is 17.1 Å². The number of fused-ring (bicyclic) bond motifs is 3. The molecule has 2 atom stereocenters. The van der Waals surface area contributed by atoms with Crippen molar-refractivity contribution in [2.75, 3.05) is 20.2 Å². The summed E-state index contributed by atoms with van der Waals surface area (Å²) < 4.78 is 19.7. The van der Waals surface area contributed by atoms with Crippen LogP contribution in [-0.4, -0.2) is 41.9 Å². The molecule has 0 aromatic heterocycles. The van der Waals surface area contributed by atoms with Crippen molar-refractivity contribution < 1.29 is 13.9 Å². The van der Waals surface area contributed by atoms with Gasteiger partial charge >= 0.3 is 6.03 Å². The van der Waals surface area contributed by atoms with Gasteiger partial charge in [-0.15, -0.1) is 0 Å². The Bertz CT molecular complexity index is 869. The first-order valence-electron chi connectivity index (χ1n) is 8.70. The lowest BCUT2D eigenvalue weighted by molar-refractivity contribution is 0.135. The molecule has 0 radical (unpaired) electrons. The van der Waals surface area contributed by atoms with E-state index >= 15 is 0 Å². The molecule has 0 bridgehead atoms. The number of nitrogens with zero attached hydrogens (tertiary/aromatic N) is 3. The molecule has 2 aliphatic heterocycles. The summed E-state index contributed by atoms with van der Waals surface area (Å²) in [7, 11) is 1.75. The largest absolute Gasteiger partial charge is 0.492 e. The van der Waals surface area contributed by atoms with Crippen LogP contribution >= 0.6 is 0 Å². The van der Waals surface area contributed by atoms with E-state index in [4.69, 9.17) is 4.74 Å². The molecule has 0 saturated heterocycles. The number of amides is 2. The highest BCUT2D eigenvalue weighted by atomic mass is 19.1. The third kappa shape index (κ3) is 2.62. The van der Waals surface area contributed by atoms with Crippen LogP contribution in [0.15, 0.2) is 53.6 Å². The minimum absolute atomic E-state index is 0.138. The average molecular weight is 353 g/mol. The quantitative estimate of drug-likeness (QED) is 0.827. The Morgan fingerprint density at radius 1 is 1.31 bits per heavy atom. The molecule has 2 heterocycles. The molecule has 0 fully saturated rings. The minimum Gasteiger partial charge on any atom is -0.492 e. The second-order valence-corrected chi connectivity index (χ2v) is 6.54. The van der Waals surface area contributed by atoms with E-state index in [1.807, 2.05) is 37.3 Å². The molecule has 0 aliphatic carbocycles. The number of hydrazone groups is 1. The third-order valence-electron chi connectivity index (χ3n) is 4.99. The van der Waals surface area contributed by atoms with Gasteiger partial charge in [0.15, 0.2) is 0 Å². The first-order valence-corrected chi connectivity index (χ1v) is 8.70. The highest BCUT2D eigenvalue weighted by molar-refractivity contribution is 6.07. The fraction of sp³-hybridized carbons (Fsp3) is 0.300. The van der Waals surface area contributed by atoms with Crippen molar-refractivity contribution in [3.63, 3.8) is 0 Å². The Morgan fingerprint density at radius 2 is 2.08 bits per heavy atom. The van der Waals surface area contributed by atoms with Gasteiger partial charge in [0.05, 0.1) is 24.3 Å². The summed E-state index contributed by atoms with van der Waals surface area (Å²) in [5.41, 5.74) is 2.31. The summed E-state index contributed by atoms with van der Waals surface area (Å²) in [6.45, 7) is 2.89. The van der Waals surface area contributed by atoms with Crippen molar-refractivity contribution in [2.24, 2.45) is 11.0 Å². The van der Waals surface area contributed by atoms with E-state index < -0.39 is 0 Å². The van der Waals surface area contributed by atoms with E-state index in [2.05, 4.69) is 5.10 Å². The third-order valence-corrected chi connectivity index (χ3v) is 4.99. The zero-order valence-corrected chi connectivity index (χ0v) is 14.7. The van der Waals surface area contributed by atoms with Crippen LogP contribution < -0.4 is 4.74 Å². The molecule has 2 aromatic rings. The SMILES string of the molecule is CCN(C)C(=O)N1N=C2c3cc(F)ccc3OCC2C1c1ccccc1. The molecule has 0 N–H and O–H groups in total. The van der Waals surface area contributed by atoms with Crippen molar-refractivity contribution in [3.8, 4) is 5.75 Å². The summed E-state index contributed by atoms with van der Waals surface area (Å²) in [6.07, 6.45) is 0. The Balaban J connectivity index is 1.81. The molecule has 2 amide bonds. The molecule has 26 heavy (non-hydrogen) atoms. The van der Waals surface area contributed by atoms with Crippen LogP contribution in [0.25, 0.3) is 0 Å². The number of hydrogen-bond donors (Lipinski definition) is 0.